The molecule has 0 spiro atoms. The SMILES string of the molecule is OCCCCCCCCn1ccnc1. The van der Waals surface area contributed by atoms with Crippen LogP contribution in [-0.2, 0) is 6.54 Å². The Kier molecular flexibility index (Phi) is 6.07. The van der Waals surface area contributed by atoms with Crippen LogP contribution in [0, 0.1) is 0 Å². The summed E-state index contributed by atoms with van der Waals surface area (Å²) in [6, 6.07) is 0. The van der Waals surface area contributed by atoms with Gasteiger partial charge in [0.15, 0.2) is 0 Å². The fraction of sp³-hybridized carbons (Fsp3) is 0.727. The number of hydrogen-bond acceptors (Lipinski definition) is 2. The molecule has 0 saturated carbocycles. The van der Waals surface area contributed by atoms with Gasteiger partial charge in [-0.3, -0.25) is 0 Å². The molecule has 0 saturated heterocycles. The average Bonchev–Trinajstić information content (AvgIpc) is 2.69. The molecule has 14 heavy (non-hydrogen) atoms. The summed E-state index contributed by atoms with van der Waals surface area (Å²) in [6.07, 6.45) is 12.9. The summed E-state index contributed by atoms with van der Waals surface area (Å²) in [5.74, 6) is 0. The van der Waals surface area contributed by atoms with Gasteiger partial charge in [-0.1, -0.05) is 25.7 Å². The maximum absolute atomic E-state index is 8.58. The molecule has 0 aliphatic rings. The van der Waals surface area contributed by atoms with E-state index in [4.69, 9.17) is 5.11 Å². The molecule has 0 aliphatic heterocycles. The second kappa shape index (κ2) is 7.56. The van der Waals surface area contributed by atoms with E-state index in [1.165, 1.54) is 32.1 Å². The summed E-state index contributed by atoms with van der Waals surface area (Å²) in [7, 11) is 0. The number of aliphatic hydroxyl groups is 1. The molecule has 1 aromatic rings. The van der Waals surface area contributed by atoms with Crippen molar-refractivity contribution < 1.29 is 5.11 Å². The first-order valence-electron chi connectivity index (χ1n) is 5.50. The first-order valence-corrected chi connectivity index (χ1v) is 5.50. The van der Waals surface area contributed by atoms with Gasteiger partial charge in [0, 0.05) is 25.5 Å². The number of aliphatic hydroxyl groups excluding tert-OH is 1. The van der Waals surface area contributed by atoms with E-state index in [0.29, 0.717) is 6.61 Å². The maximum Gasteiger partial charge on any atom is 0.0945 e. The maximum atomic E-state index is 8.58. The lowest BCUT2D eigenvalue weighted by atomic mass is 10.1. The predicted molar refractivity (Wildman–Crippen MR) is 57.0 cm³/mol. The minimum absolute atomic E-state index is 0.342. The van der Waals surface area contributed by atoms with E-state index in [1.54, 1.807) is 0 Å². The van der Waals surface area contributed by atoms with Crippen LogP contribution >= 0.6 is 0 Å². The third kappa shape index (κ3) is 5.02. The highest BCUT2D eigenvalue weighted by atomic mass is 16.2. The molecule has 1 aromatic heterocycles. The Morgan fingerprint density at radius 2 is 1.71 bits per heavy atom. The number of nitrogens with zero attached hydrogens (tertiary/aromatic N) is 2. The molecule has 0 aliphatic carbocycles. The van der Waals surface area contributed by atoms with Gasteiger partial charge in [0.1, 0.15) is 0 Å². The summed E-state index contributed by atoms with van der Waals surface area (Å²) in [5.41, 5.74) is 0. The molecule has 0 bridgehead atoms. The fourth-order valence-electron chi connectivity index (χ4n) is 1.53. The van der Waals surface area contributed by atoms with E-state index in [1.807, 2.05) is 18.7 Å². The lowest BCUT2D eigenvalue weighted by Crippen LogP contribution is -1.94. The smallest absolute Gasteiger partial charge is 0.0945 e. The Morgan fingerprint density at radius 1 is 1.00 bits per heavy atom. The van der Waals surface area contributed by atoms with Gasteiger partial charge < -0.3 is 9.67 Å². The average molecular weight is 196 g/mol. The Hall–Kier alpha value is -0.830. The molecule has 0 fully saturated rings. The summed E-state index contributed by atoms with van der Waals surface area (Å²) in [4.78, 5) is 4.00. The number of rotatable bonds is 8. The molecular formula is C11H20N2O. The zero-order chi connectivity index (χ0) is 10.1. The molecule has 1 rings (SSSR count). The van der Waals surface area contributed by atoms with E-state index in [9.17, 15) is 0 Å². The summed E-state index contributed by atoms with van der Waals surface area (Å²) < 4.78 is 2.12. The van der Waals surface area contributed by atoms with Crippen LogP contribution in [0.3, 0.4) is 0 Å². The number of hydrogen-bond donors (Lipinski definition) is 1. The molecule has 0 unspecified atom stereocenters. The highest BCUT2D eigenvalue weighted by Gasteiger charge is 1.92. The quantitative estimate of drug-likeness (QED) is 0.647. The summed E-state index contributed by atoms with van der Waals surface area (Å²) in [5, 5.41) is 8.58. The first kappa shape index (κ1) is 11.2. The normalized spacial score (nSPS) is 10.6. The van der Waals surface area contributed by atoms with E-state index >= 15 is 0 Å². The monoisotopic (exact) mass is 196 g/mol. The third-order valence-electron chi connectivity index (χ3n) is 2.38. The minimum Gasteiger partial charge on any atom is -0.396 e. The van der Waals surface area contributed by atoms with Crippen molar-refractivity contribution in [2.75, 3.05) is 6.61 Å². The van der Waals surface area contributed by atoms with Gasteiger partial charge in [0.25, 0.3) is 0 Å². The largest absolute Gasteiger partial charge is 0.396 e. The number of unbranched alkanes of at least 4 members (excludes halogenated alkanes) is 5. The van der Waals surface area contributed by atoms with Crippen molar-refractivity contribution in [3.05, 3.63) is 18.7 Å². The van der Waals surface area contributed by atoms with Crippen molar-refractivity contribution in [1.29, 1.82) is 0 Å². The molecular weight excluding hydrogens is 176 g/mol. The Balaban J connectivity index is 1.85. The zero-order valence-electron chi connectivity index (χ0n) is 8.73. The highest BCUT2D eigenvalue weighted by molar-refractivity contribution is 4.73. The van der Waals surface area contributed by atoms with Crippen LogP contribution in [-0.4, -0.2) is 21.3 Å². The van der Waals surface area contributed by atoms with Gasteiger partial charge in [0.2, 0.25) is 0 Å². The molecule has 80 valence electrons. The number of imidazole rings is 1. The summed E-state index contributed by atoms with van der Waals surface area (Å²) in [6.45, 7) is 1.43. The standard InChI is InChI=1S/C11H20N2O/c14-10-6-4-2-1-3-5-8-13-9-7-12-11-13/h7,9,11,14H,1-6,8,10H2. The minimum atomic E-state index is 0.342. The van der Waals surface area contributed by atoms with Crippen LogP contribution in [0.25, 0.3) is 0 Å². The second-order valence-electron chi connectivity index (χ2n) is 3.65. The van der Waals surface area contributed by atoms with Gasteiger partial charge in [-0.15, -0.1) is 0 Å². The molecule has 0 amide bonds. The number of aromatic nitrogens is 2. The van der Waals surface area contributed by atoms with Crippen LogP contribution in [0.15, 0.2) is 18.7 Å². The number of aryl methyl sites for hydroxylation is 1. The van der Waals surface area contributed by atoms with Gasteiger partial charge in [-0.25, -0.2) is 4.98 Å². The Labute approximate surface area is 85.8 Å². The van der Waals surface area contributed by atoms with Crippen LogP contribution in [0.5, 0.6) is 0 Å². The van der Waals surface area contributed by atoms with E-state index < -0.39 is 0 Å². The van der Waals surface area contributed by atoms with Crippen molar-refractivity contribution in [3.63, 3.8) is 0 Å². The van der Waals surface area contributed by atoms with Crippen LogP contribution in [0.1, 0.15) is 38.5 Å². The molecule has 0 atom stereocenters. The molecule has 0 aromatic carbocycles. The van der Waals surface area contributed by atoms with Crippen molar-refractivity contribution in [2.24, 2.45) is 0 Å². The van der Waals surface area contributed by atoms with Crippen molar-refractivity contribution >= 4 is 0 Å². The molecule has 1 heterocycles. The zero-order valence-corrected chi connectivity index (χ0v) is 8.73. The van der Waals surface area contributed by atoms with Crippen molar-refractivity contribution in [1.82, 2.24) is 9.55 Å². The molecule has 3 nitrogen and oxygen atoms in total. The Bertz CT molecular complexity index is 209. The lowest BCUT2D eigenvalue weighted by molar-refractivity contribution is 0.282. The molecule has 3 heteroatoms. The Morgan fingerprint density at radius 3 is 2.36 bits per heavy atom. The van der Waals surface area contributed by atoms with Gasteiger partial charge in [-0.05, 0) is 12.8 Å². The van der Waals surface area contributed by atoms with Gasteiger partial charge in [0.05, 0.1) is 6.33 Å². The van der Waals surface area contributed by atoms with Crippen LogP contribution in [0.4, 0.5) is 0 Å². The molecule has 1 N–H and O–H groups in total. The van der Waals surface area contributed by atoms with E-state index in [0.717, 1.165) is 13.0 Å². The van der Waals surface area contributed by atoms with Crippen LogP contribution in [0.2, 0.25) is 0 Å². The second-order valence-corrected chi connectivity index (χ2v) is 3.65. The van der Waals surface area contributed by atoms with E-state index in [2.05, 4.69) is 9.55 Å². The van der Waals surface area contributed by atoms with Gasteiger partial charge in [-0.2, -0.15) is 0 Å². The first-order chi connectivity index (χ1) is 6.93. The molecule has 0 radical (unpaired) electrons. The topological polar surface area (TPSA) is 38.0 Å². The van der Waals surface area contributed by atoms with Crippen molar-refractivity contribution in [3.8, 4) is 0 Å². The predicted octanol–water partition coefficient (Wildman–Crippen LogP) is 2.22. The third-order valence-corrected chi connectivity index (χ3v) is 2.38. The fourth-order valence-corrected chi connectivity index (χ4v) is 1.53. The van der Waals surface area contributed by atoms with Crippen molar-refractivity contribution in [2.45, 2.75) is 45.1 Å². The van der Waals surface area contributed by atoms with Gasteiger partial charge >= 0.3 is 0 Å². The lowest BCUT2D eigenvalue weighted by Gasteiger charge is -2.02. The van der Waals surface area contributed by atoms with E-state index in [-0.39, 0.29) is 0 Å². The summed E-state index contributed by atoms with van der Waals surface area (Å²) >= 11 is 0. The highest BCUT2D eigenvalue weighted by Crippen LogP contribution is 2.05. The van der Waals surface area contributed by atoms with Crippen LogP contribution < -0.4 is 0 Å².